The maximum absolute atomic E-state index is 11.9. The van der Waals surface area contributed by atoms with E-state index in [1.807, 2.05) is 19.1 Å². The molecule has 0 aliphatic carbocycles. The van der Waals surface area contributed by atoms with Crippen molar-refractivity contribution < 1.29 is 22.6 Å². The molecule has 0 aliphatic heterocycles. The average molecular weight is 321 g/mol. The van der Waals surface area contributed by atoms with Crippen LogP contribution in [0.5, 0.6) is 5.75 Å². The molecule has 0 fully saturated rings. The number of hydrogen-bond donors (Lipinski definition) is 0. The number of aryl methyl sites for hydroxylation is 1. The van der Waals surface area contributed by atoms with Gasteiger partial charge in [0.15, 0.2) is 0 Å². The first-order chi connectivity index (χ1) is 9.92. The van der Waals surface area contributed by atoms with Gasteiger partial charge in [0.1, 0.15) is 19.0 Å². The lowest BCUT2D eigenvalue weighted by Gasteiger charge is -2.10. The number of hydrogen-bond acceptors (Lipinski definition) is 2. The molecule has 0 amide bonds. The van der Waals surface area contributed by atoms with Gasteiger partial charge in [-0.25, -0.2) is 0 Å². The van der Waals surface area contributed by atoms with Gasteiger partial charge in [-0.2, -0.15) is 13.2 Å². The van der Waals surface area contributed by atoms with Crippen molar-refractivity contribution in [3.8, 4) is 17.6 Å². The summed E-state index contributed by atoms with van der Waals surface area (Å²) < 4.78 is 45.6. The van der Waals surface area contributed by atoms with Gasteiger partial charge in [-0.1, -0.05) is 17.9 Å². The molecule has 116 valence electrons. The highest BCUT2D eigenvalue weighted by molar-refractivity contribution is 6.18. The lowest BCUT2D eigenvalue weighted by molar-refractivity contribution is -0.175. The van der Waals surface area contributed by atoms with Crippen LogP contribution in [0.25, 0.3) is 0 Å². The lowest BCUT2D eigenvalue weighted by Crippen LogP contribution is -2.19. The fourth-order valence-corrected chi connectivity index (χ4v) is 1.57. The number of rotatable bonds is 6. The molecule has 1 aromatic carbocycles. The highest BCUT2D eigenvalue weighted by atomic mass is 35.5. The van der Waals surface area contributed by atoms with E-state index in [4.69, 9.17) is 16.3 Å². The summed E-state index contributed by atoms with van der Waals surface area (Å²) in [5.41, 5.74) is 1.71. The van der Waals surface area contributed by atoms with Crippen LogP contribution in [0.2, 0.25) is 0 Å². The molecule has 0 radical (unpaired) electrons. The predicted octanol–water partition coefficient (Wildman–Crippen LogP) is 3.93. The van der Waals surface area contributed by atoms with Crippen LogP contribution in [0.15, 0.2) is 18.2 Å². The summed E-state index contributed by atoms with van der Waals surface area (Å²) in [5, 5.41) is 0. The van der Waals surface area contributed by atoms with E-state index in [0.29, 0.717) is 23.6 Å². The van der Waals surface area contributed by atoms with Crippen molar-refractivity contribution >= 4 is 11.6 Å². The molecule has 1 rings (SSSR count). The van der Waals surface area contributed by atoms with E-state index >= 15 is 0 Å². The third-order valence-electron chi connectivity index (χ3n) is 2.33. The van der Waals surface area contributed by atoms with Gasteiger partial charge in [-0.15, -0.1) is 11.6 Å². The fourth-order valence-electron chi connectivity index (χ4n) is 1.47. The molecule has 0 atom stereocenters. The van der Waals surface area contributed by atoms with E-state index in [1.165, 1.54) is 0 Å². The minimum absolute atomic E-state index is 0.0311. The van der Waals surface area contributed by atoms with E-state index in [0.717, 1.165) is 5.56 Å². The van der Waals surface area contributed by atoms with Gasteiger partial charge >= 0.3 is 6.18 Å². The van der Waals surface area contributed by atoms with Gasteiger partial charge < -0.3 is 9.47 Å². The minimum atomic E-state index is -4.32. The quantitative estimate of drug-likeness (QED) is 0.449. The van der Waals surface area contributed by atoms with Crippen LogP contribution in [0, 0.1) is 18.8 Å². The Labute approximate surface area is 127 Å². The molecule has 0 aliphatic rings. The molecule has 0 saturated carbocycles. The molecule has 0 spiro atoms. The number of halogens is 4. The molecular weight excluding hydrogens is 305 g/mol. The van der Waals surface area contributed by atoms with Crippen LogP contribution >= 0.6 is 11.6 Å². The molecule has 21 heavy (non-hydrogen) atoms. The third kappa shape index (κ3) is 7.84. The Morgan fingerprint density at radius 2 is 2.00 bits per heavy atom. The predicted molar refractivity (Wildman–Crippen MR) is 75.8 cm³/mol. The van der Waals surface area contributed by atoms with Crippen molar-refractivity contribution in [1.82, 2.24) is 0 Å². The first kappa shape index (κ1) is 17.7. The second kappa shape index (κ2) is 8.81. The molecule has 0 unspecified atom stereocenters. The Morgan fingerprint density at radius 1 is 1.24 bits per heavy atom. The zero-order valence-corrected chi connectivity index (χ0v) is 12.4. The Balaban J connectivity index is 2.53. The summed E-state index contributed by atoms with van der Waals surface area (Å²) in [4.78, 5) is 0. The van der Waals surface area contributed by atoms with Gasteiger partial charge in [0, 0.05) is 12.3 Å². The normalized spacial score (nSPS) is 10.9. The summed E-state index contributed by atoms with van der Waals surface area (Å²) in [5.74, 6) is 6.81. The first-order valence-electron chi connectivity index (χ1n) is 6.35. The van der Waals surface area contributed by atoms with Crippen molar-refractivity contribution in [2.45, 2.75) is 19.5 Å². The zero-order valence-electron chi connectivity index (χ0n) is 11.6. The molecular formula is C15H16ClF3O2. The molecule has 0 heterocycles. The standard InChI is InChI=1S/C15H16ClF3O2/c1-12-5-6-14(13(10-12)4-2-3-7-16)21-9-8-20-11-15(17,18)19/h5-6,10H,3,7-9,11H2,1H3. The SMILES string of the molecule is Cc1ccc(OCCOCC(F)(F)F)c(C#CCCCl)c1. The molecule has 6 heteroatoms. The maximum atomic E-state index is 11.9. The van der Waals surface area contributed by atoms with E-state index in [-0.39, 0.29) is 13.2 Å². The van der Waals surface area contributed by atoms with Crippen LogP contribution in [0.3, 0.4) is 0 Å². The Morgan fingerprint density at radius 3 is 2.67 bits per heavy atom. The molecule has 1 aromatic rings. The average Bonchev–Trinajstić information content (AvgIpc) is 2.39. The largest absolute Gasteiger partial charge is 0.490 e. The van der Waals surface area contributed by atoms with Crippen LogP contribution in [-0.4, -0.2) is 31.9 Å². The van der Waals surface area contributed by atoms with Crippen LogP contribution in [-0.2, 0) is 4.74 Å². The van der Waals surface area contributed by atoms with E-state index < -0.39 is 12.8 Å². The molecule has 0 bridgehead atoms. The van der Waals surface area contributed by atoms with Crippen molar-refractivity contribution in [3.05, 3.63) is 29.3 Å². The summed E-state index contributed by atoms with van der Waals surface area (Å²) in [7, 11) is 0. The number of ether oxygens (including phenoxy) is 2. The van der Waals surface area contributed by atoms with Gasteiger partial charge in [-0.3, -0.25) is 0 Å². The van der Waals surface area contributed by atoms with Crippen molar-refractivity contribution in [2.24, 2.45) is 0 Å². The first-order valence-corrected chi connectivity index (χ1v) is 6.88. The molecule has 2 nitrogen and oxygen atoms in total. The number of benzene rings is 1. The van der Waals surface area contributed by atoms with E-state index in [2.05, 4.69) is 16.6 Å². The summed E-state index contributed by atoms with van der Waals surface area (Å²) in [6.45, 7) is 0.543. The highest BCUT2D eigenvalue weighted by Crippen LogP contribution is 2.19. The van der Waals surface area contributed by atoms with Crippen LogP contribution < -0.4 is 4.74 Å². The zero-order chi connectivity index (χ0) is 15.7. The maximum Gasteiger partial charge on any atom is 0.411 e. The van der Waals surface area contributed by atoms with Crippen molar-refractivity contribution in [2.75, 3.05) is 25.7 Å². The van der Waals surface area contributed by atoms with Gasteiger partial charge in [0.05, 0.1) is 12.2 Å². The summed E-state index contributed by atoms with van der Waals surface area (Å²) >= 11 is 5.55. The Hall–Kier alpha value is -1.38. The van der Waals surface area contributed by atoms with Gasteiger partial charge in [0.2, 0.25) is 0 Å². The minimum Gasteiger partial charge on any atom is -0.490 e. The molecule has 0 N–H and O–H groups in total. The second-order valence-corrected chi connectivity index (χ2v) is 4.63. The van der Waals surface area contributed by atoms with Crippen LogP contribution in [0.4, 0.5) is 13.2 Å². The van der Waals surface area contributed by atoms with Gasteiger partial charge in [-0.05, 0) is 24.6 Å². The topological polar surface area (TPSA) is 18.5 Å². The van der Waals surface area contributed by atoms with E-state index in [1.54, 1.807) is 6.07 Å². The third-order valence-corrected chi connectivity index (χ3v) is 2.52. The fraction of sp³-hybridized carbons (Fsp3) is 0.467. The van der Waals surface area contributed by atoms with Gasteiger partial charge in [0.25, 0.3) is 0 Å². The van der Waals surface area contributed by atoms with Crippen molar-refractivity contribution in [1.29, 1.82) is 0 Å². The Kier molecular flexibility index (Phi) is 7.41. The molecule has 0 saturated heterocycles. The Bertz CT molecular complexity index is 504. The monoisotopic (exact) mass is 320 g/mol. The summed E-state index contributed by atoms with van der Waals surface area (Å²) in [6, 6.07) is 5.44. The second-order valence-electron chi connectivity index (χ2n) is 4.26. The molecule has 0 aromatic heterocycles. The van der Waals surface area contributed by atoms with Crippen molar-refractivity contribution in [3.63, 3.8) is 0 Å². The highest BCUT2D eigenvalue weighted by Gasteiger charge is 2.27. The summed E-state index contributed by atoms with van der Waals surface area (Å²) in [6.07, 6.45) is -3.76. The smallest absolute Gasteiger partial charge is 0.411 e. The van der Waals surface area contributed by atoms with E-state index in [9.17, 15) is 13.2 Å². The number of alkyl halides is 4. The van der Waals surface area contributed by atoms with Crippen LogP contribution in [0.1, 0.15) is 17.5 Å². The lowest BCUT2D eigenvalue weighted by atomic mass is 10.1.